The summed E-state index contributed by atoms with van der Waals surface area (Å²) in [5.74, 6) is -0.949. The number of nitrogens with one attached hydrogen (secondary N) is 1. The van der Waals surface area contributed by atoms with Gasteiger partial charge in [-0.3, -0.25) is 9.59 Å². The van der Waals surface area contributed by atoms with Crippen LogP contribution in [-0.2, 0) is 19.1 Å². The monoisotopic (exact) mass is 518 g/mol. The normalized spacial score (nSPS) is 16.1. The average Bonchev–Trinajstić information content (AvgIpc) is 2.68. The first-order valence-corrected chi connectivity index (χ1v) is 10.5. The summed E-state index contributed by atoms with van der Waals surface area (Å²) in [4.78, 5) is 37.9. The standard InChI is InChI=1S/C20H24ClIN2O4/c1-12-10-17(22)16(21)11-15(12)4-5-18(25)24-8-6-14(7-9-24)19(26)23-13(2)20(27)28-3/h4-5,10-11,13-14H,6-9H2,1-3H3,(H,23,26). The molecule has 1 heterocycles. The van der Waals surface area contributed by atoms with Gasteiger partial charge in [0.05, 0.1) is 12.1 Å². The van der Waals surface area contributed by atoms with Gasteiger partial charge in [-0.25, -0.2) is 4.79 Å². The topological polar surface area (TPSA) is 75.7 Å². The zero-order chi connectivity index (χ0) is 20.8. The van der Waals surface area contributed by atoms with E-state index in [-0.39, 0.29) is 17.7 Å². The molecule has 28 heavy (non-hydrogen) atoms. The molecule has 1 unspecified atom stereocenters. The summed E-state index contributed by atoms with van der Waals surface area (Å²) < 4.78 is 5.59. The number of nitrogens with zero attached hydrogens (tertiary/aromatic N) is 1. The van der Waals surface area contributed by atoms with Crippen LogP contribution in [0.1, 0.15) is 30.9 Å². The number of hydrogen-bond donors (Lipinski definition) is 1. The Morgan fingerprint density at radius 3 is 2.57 bits per heavy atom. The molecule has 1 aliphatic rings. The maximum atomic E-state index is 12.5. The molecule has 0 aromatic heterocycles. The highest BCUT2D eigenvalue weighted by molar-refractivity contribution is 14.1. The van der Waals surface area contributed by atoms with E-state index < -0.39 is 12.0 Å². The molecule has 152 valence electrons. The molecule has 1 fully saturated rings. The van der Waals surface area contributed by atoms with Crippen LogP contribution in [0.5, 0.6) is 0 Å². The van der Waals surface area contributed by atoms with Crippen molar-refractivity contribution in [3.05, 3.63) is 37.9 Å². The van der Waals surface area contributed by atoms with Gasteiger partial charge >= 0.3 is 5.97 Å². The predicted octanol–water partition coefficient (Wildman–Crippen LogP) is 3.18. The molecular weight excluding hydrogens is 495 g/mol. The largest absolute Gasteiger partial charge is 0.467 e. The fourth-order valence-corrected chi connectivity index (χ4v) is 3.83. The first-order valence-electron chi connectivity index (χ1n) is 9.03. The molecule has 2 rings (SSSR count). The van der Waals surface area contributed by atoms with E-state index in [0.717, 1.165) is 14.7 Å². The first kappa shape index (κ1) is 22.7. The number of esters is 1. The van der Waals surface area contributed by atoms with Crippen LogP contribution in [0.2, 0.25) is 5.02 Å². The Hall–Kier alpha value is -1.61. The lowest BCUT2D eigenvalue weighted by Gasteiger charge is -2.31. The molecule has 0 saturated carbocycles. The van der Waals surface area contributed by atoms with Crippen LogP contribution in [0.15, 0.2) is 18.2 Å². The lowest BCUT2D eigenvalue weighted by atomic mass is 9.95. The molecule has 0 radical (unpaired) electrons. The lowest BCUT2D eigenvalue weighted by molar-refractivity contribution is -0.145. The van der Waals surface area contributed by atoms with Gasteiger partial charge < -0.3 is 15.0 Å². The Bertz CT molecular complexity index is 789. The fraction of sp³-hybridized carbons (Fsp3) is 0.450. The Kier molecular flexibility index (Phi) is 8.30. The third kappa shape index (κ3) is 5.94. The third-order valence-electron chi connectivity index (χ3n) is 4.81. The van der Waals surface area contributed by atoms with Crippen LogP contribution >= 0.6 is 34.2 Å². The van der Waals surface area contributed by atoms with Crippen LogP contribution in [0.4, 0.5) is 0 Å². The molecule has 1 saturated heterocycles. The van der Waals surface area contributed by atoms with Gasteiger partial charge in [-0.2, -0.15) is 0 Å². The summed E-state index contributed by atoms with van der Waals surface area (Å²) in [7, 11) is 1.29. The summed E-state index contributed by atoms with van der Waals surface area (Å²) in [6.07, 6.45) is 4.45. The van der Waals surface area contributed by atoms with Crippen LogP contribution in [0.25, 0.3) is 6.08 Å². The maximum Gasteiger partial charge on any atom is 0.328 e. The predicted molar refractivity (Wildman–Crippen MR) is 117 cm³/mol. The zero-order valence-corrected chi connectivity index (χ0v) is 19.0. The highest BCUT2D eigenvalue weighted by atomic mass is 127. The third-order valence-corrected chi connectivity index (χ3v) is 6.33. The maximum absolute atomic E-state index is 12.5. The van der Waals surface area contributed by atoms with E-state index in [4.69, 9.17) is 11.6 Å². The number of hydrogen-bond acceptors (Lipinski definition) is 4. The summed E-state index contributed by atoms with van der Waals surface area (Å²) in [5, 5.41) is 3.32. The van der Waals surface area contributed by atoms with Crippen LogP contribution < -0.4 is 5.32 Å². The van der Waals surface area contributed by atoms with Gasteiger partial charge in [0.15, 0.2) is 0 Å². The van der Waals surface area contributed by atoms with Crippen molar-refractivity contribution in [2.75, 3.05) is 20.2 Å². The molecule has 1 N–H and O–H groups in total. The molecule has 0 bridgehead atoms. The minimum absolute atomic E-state index is 0.0872. The van der Waals surface area contributed by atoms with Gasteiger partial charge in [-0.05, 0) is 78.6 Å². The van der Waals surface area contributed by atoms with Crippen molar-refractivity contribution in [1.82, 2.24) is 10.2 Å². The second-order valence-corrected chi connectivity index (χ2v) is 8.38. The highest BCUT2D eigenvalue weighted by Crippen LogP contribution is 2.24. The molecule has 6 nitrogen and oxygen atoms in total. The summed E-state index contributed by atoms with van der Waals surface area (Å²) in [6.45, 7) is 4.56. The van der Waals surface area contributed by atoms with E-state index in [1.54, 1.807) is 24.0 Å². The number of halogens is 2. The van der Waals surface area contributed by atoms with Crippen molar-refractivity contribution in [3.63, 3.8) is 0 Å². The van der Waals surface area contributed by atoms with Crippen LogP contribution in [0.3, 0.4) is 0 Å². The number of benzene rings is 1. The van der Waals surface area contributed by atoms with Crippen molar-refractivity contribution in [1.29, 1.82) is 0 Å². The average molecular weight is 519 g/mol. The van der Waals surface area contributed by atoms with E-state index in [9.17, 15) is 14.4 Å². The van der Waals surface area contributed by atoms with E-state index in [1.807, 2.05) is 19.1 Å². The molecule has 0 aliphatic carbocycles. The number of carbonyl (C=O) groups excluding carboxylic acids is 3. The van der Waals surface area contributed by atoms with Gasteiger partial charge in [0.2, 0.25) is 11.8 Å². The minimum Gasteiger partial charge on any atom is -0.467 e. The number of amides is 2. The molecule has 8 heteroatoms. The number of carbonyl (C=O) groups is 3. The van der Waals surface area contributed by atoms with E-state index in [1.165, 1.54) is 7.11 Å². The summed E-state index contributed by atoms with van der Waals surface area (Å²) in [5.41, 5.74) is 1.96. The van der Waals surface area contributed by atoms with Crippen molar-refractivity contribution < 1.29 is 19.1 Å². The van der Waals surface area contributed by atoms with Crippen molar-refractivity contribution >= 4 is 58.1 Å². The molecule has 1 aliphatic heterocycles. The Morgan fingerprint density at radius 1 is 1.32 bits per heavy atom. The zero-order valence-electron chi connectivity index (χ0n) is 16.1. The van der Waals surface area contributed by atoms with Gasteiger partial charge in [0.25, 0.3) is 0 Å². The molecule has 2 amide bonds. The van der Waals surface area contributed by atoms with Crippen molar-refractivity contribution in [2.24, 2.45) is 5.92 Å². The van der Waals surface area contributed by atoms with Gasteiger partial charge in [-0.15, -0.1) is 0 Å². The fourth-order valence-electron chi connectivity index (χ4n) is 3.04. The lowest BCUT2D eigenvalue weighted by Crippen LogP contribution is -2.46. The Balaban J connectivity index is 1.89. The smallest absolute Gasteiger partial charge is 0.328 e. The number of piperidine rings is 1. The Morgan fingerprint density at radius 2 is 1.96 bits per heavy atom. The number of methoxy groups -OCH3 is 1. The number of likely N-dealkylation sites (tertiary alicyclic amines) is 1. The first-order chi connectivity index (χ1) is 13.2. The number of aryl methyl sites for hydroxylation is 1. The molecule has 1 aromatic rings. The quantitative estimate of drug-likeness (QED) is 0.369. The summed E-state index contributed by atoms with van der Waals surface area (Å²) >= 11 is 8.33. The van der Waals surface area contributed by atoms with Crippen LogP contribution in [0, 0.1) is 16.4 Å². The van der Waals surface area contributed by atoms with E-state index >= 15 is 0 Å². The van der Waals surface area contributed by atoms with Crippen molar-refractivity contribution in [2.45, 2.75) is 32.7 Å². The van der Waals surface area contributed by atoms with Crippen molar-refractivity contribution in [3.8, 4) is 0 Å². The van der Waals surface area contributed by atoms with E-state index in [0.29, 0.717) is 31.0 Å². The molecule has 1 atom stereocenters. The Labute approximate surface area is 183 Å². The summed E-state index contributed by atoms with van der Waals surface area (Å²) in [6, 6.07) is 3.15. The second-order valence-electron chi connectivity index (χ2n) is 6.81. The molecule has 1 aromatic carbocycles. The molecule has 0 spiro atoms. The van der Waals surface area contributed by atoms with E-state index in [2.05, 4.69) is 32.6 Å². The number of ether oxygens (including phenoxy) is 1. The van der Waals surface area contributed by atoms with Crippen LogP contribution in [-0.4, -0.2) is 48.9 Å². The SMILES string of the molecule is COC(=O)C(C)NC(=O)C1CCN(C(=O)C=Cc2cc(Cl)c(I)cc2C)CC1. The molecular formula is C20H24ClIN2O4. The van der Waals surface area contributed by atoms with Gasteiger partial charge in [0, 0.05) is 28.7 Å². The number of rotatable bonds is 5. The minimum atomic E-state index is -0.677. The van der Waals surface area contributed by atoms with Gasteiger partial charge in [-0.1, -0.05) is 11.6 Å². The second kappa shape index (κ2) is 10.2. The van der Waals surface area contributed by atoms with Gasteiger partial charge in [0.1, 0.15) is 6.04 Å². The highest BCUT2D eigenvalue weighted by Gasteiger charge is 2.28.